The molecule has 0 atom stereocenters. The van der Waals surface area contributed by atoms with Gasteiger partial charge in [0, 0.05) is 42.9 Å². The summed E-state index contributed by atoms with van der Waals surface area (Å²) in [5.41, 5.74) is 11.3. The molecule has 0 N–H and O–H groups in total. The monoisotopic (exact) mass is 767 g/mol. The maximum Gasteiger partial charge on any atom is 0.216 e. The van der Waals surface area contributed by atoms with Gasteiger partial charge in [-0.15, -0.1) is 54.1 Å². The van der Waals surface area contributed by atoms with Gasteiger partial charge in [-0.2, -0.15) is 0 Å². The first-order valence-electron chi connectivity index (χ1n) is 15.1. The summed E-state index contributed by atoms with van der Waals surface area (Å²) in [6.07, 6.45) is 6.34. The van der Waals surface area contributed by atoms with Crippen LogP contribution in [0.15, 0.2) is 89.5 Å². The first-order valence-corrected chi connectivity index (χ1v) is 15.1. The van der Waals surface area contributed by atoms with Crippen LogP contribution in [0.1, 0.15) is 56.0 Å². The zero-order valence-electron chi connectivity index (χ0n) is 26.3. The minimum absolute atomic E-state index is 0. The van der Waals surface area contributed by atoms with Crippen LogP contribution in [0, 0.1) is 26.0 Å². The quantitative estimate of drug-likeness (QED) is 0.168. The van der Waals surface area contributed by atoms with Crippen LogP contribution < -0.4 is 0 Å². The van der Waals surface area contributed by atoms with E-state index >= 15 is 0 Å². The summed E-state index contributed by atoms with van der Waals surface area (Å²) in [6, 6.07) is 31.1. The van der Waals surface area contributed by atoms with Crippen LogP contribution >= 0.6 is 0 Å². The zero-order valence-corrected chi connectivity index (χ0v) is 28.7. The Bertz CT molecular complexity index is 2210. The summed E-state index contributed by atoms with van der Waals surface area (Å²) < 4.78 is 8.38. The van der Waals surface area contributed by atoms with Crippen molar-refractivity contribution >= 4 is 39.2 Å². The van der Waals surface area contributed by atoms with Crippen molar-refractivity contribution in [3.05, 3.63) is 120 Å². The Labute approximate surface area is 277 Å². The molecule has 45 heavy (non-hydrogen) atoms. The van der Waals surface area contributed by atoms with Crippen molar-refractivity contribution in [2.75, 3.05) is 0 Å². The van der Waals surface area contributed by atoms with E-state index in [1.807, 2.05) is 49.5 Å². The minimum Gasteiger partial charge on any atom is -0.486 e. The summed E-state index contributed by atoms with van der Waals surface area (Å²) in [4.78, 5) is 13.9. The summed E-state index contributed by atoms with van der Waals surface area (Å²) in [6.45, 7) is 12.9. The number of imidazole rings is 1. The van der Waals surface area contributed by atoms with Crippen molar-refractivity contribution in [1.29, 1.82) is 0 Å². The molecule has 0 fully saturated rings. The minimum atomic E-state index is -0.0887. The van der Waals surface area contributed by atoms with Crippen LogP contribution in [0.5, 0.6) is 0 Å². The molecule has 3 aromatic carbocycles. The van der Waals surface area contributed by atoms with E-state index in [0.29, 0.717) is 11.6 Å². The molecule has 0 saturated heterocycles. The molecule has 5 heterocycles. The van der Waals surface area contributed by atoms with Crippen molar-refractivity contribution in [1.82, 2.24) is 19.5 Å². The normalized spacial score (nSPS) is 13.2. The topological polar surface area (TPSA) is 56.7 Å². The van der Waals surface area contributed by atoms with Gasteiger partial charge < -0.3 is 14.0 Å². The zero-order chi connectivity index (χ0) is 30.6. The van der Waals surface area contributed by atoms with Gasteiger partial charge in [-0.1, -0.05) is 54.6 Å². The Morgan fingerprint density at radius 1 is 0.889 bits per heavy atom. The SMILES string of the molecule is Cc1ccc2c(n1)oc1c(-c3cc(C(C)C)ccn3)[c-]ccc12.Cc1ccc2nc(-c3[c-]cccc3)n3c2c1C=CC3(C)C.[Ir]. The molecule has 6 heteroatoms. The number of furan rings is 1. The van der Waals surface area contributed by atoms with Gasteiger partial charge in [0.25, 0.3) is 0 Å². The molecule has 0 bridgehead atoms. The number of aryl methyl sites for hydroxylation is 2. The van der Waals surface area contributed by atoms with E-state index in [1.165, 1.54) is 22.2 Å². The molecule has 0 amide bonds. The number of pyridine rings is 2. The number of rotatable bonds is 3. The van der Waals surface area contributed by atoms with E-state index in [0.717, 1.165) is 50.2 Å². The molecule has 227 valence electrons. The van der Waals surface area contributed by atoms with E-state index in [9.17, 15) is 0 Å². The third kappa shape index (κ3) is 5.43. The molecule has 0 spiro atoms. The van der Waals surface area contributed by atoms with E-state index in [-0.39, 0.29) is 25.6 Å². The number of nitrogens with zero attached hydrogens (tertiary/aromatic N) is 4. The van der Waals surface area contributed by atoms with Gasteiger partial charge in [-0.25, -0.2) is 4.98 Å². The van der Waals surface area contributed by atoms with Crippen LogP contribution in [0.3, 0.4) is 0 Å². The van der Waals surface area contributed by atoms with Crippen LogP contribution in [0.25, 0.3) is 61.8 Å². The Morgan fingerprint density at radius 2 is 1.73 bits per heavy atom. The predicted molar refractivity (Wildman–Crippen MR) is 180 cm³/mol. The van der Waals surface area contributed by atoms with E-state index in [4.69, 9.17) is 9.40 Å². The van der Waals surface area contributed by atoms with Crippen molar-refractivity contribution in [3.8, 4) is 22.6 Å². The Hall–Kier alpha value is -4.38. The van der Waals surface area contributed by atoms with Crippen molar-refractivity contribution in [2.45, 2.75) is 53.0 Å². The summed E-state index contributed by atoms with van der Waals surface area (Å²) >= 11 is 0. The van der Waals surface area contributed by atoms with Crippen LogP contribution in [-0.4, -0.2) is 19.5 Å². The average Bonchev–Trinajstić information content (AvgIpc) is 3.60. The smallest absolute Gasteiger partial charge is 0.216 e. The first-order chi connectivity index (χ1) is 21.2. The molecule has 1 aliphatic rings. The second-order valence-electron chi connectivity index (χ2n) is 12.3. The number of allylic oxidation sites excluding steroid dienone is 1. The van der Waals surface area contributed by atoms with Crippen LogP contribution in [0.2, 0.25) is 0 Å². The Morgan fingerprint density at radius 3 is 2.51 bits per heavy atom. The van der Waals surface area contributed by atoms with Crippen LogP contribution in [-0.2, 0) is 25.6 Å². The third-order valence-electron chi connectivity index (χ3n) is 8.40. The molecule has 0 saturated carbocycles. The third-order valence-corrected chi connectivity index (χ3v) is 8.40. The van der Waals surface area contributed by atoms with Gasteiger partial charge in [0.15, 0.2) is 0 Å². The van der Waals surface area contributed by atoms with Crippen molar-refractivity contribution in [3.63, 3.8) is 0 Å². The van der Waals surface area contributed by atoms with E-state index in [2.05, 4.69) is 110 Å². The Kier molecular flexibility index (Phi) is 8.07. The first kappa shape index (κ1) is 30.6. The number of aromatic nitrogens is 4. The average molecular weight is 767 g/mol. The van der Waals surface area contributed by atoms with Gasteiger partial charge in [0.05, 0.1) is 28.0 Å². The number of fused-ring (bicyclic) bond motifs is 3. The fraction of sp³-hybridized carbons (Fsp3) is 0.205. The fourth-order valence-electron chi connectivity index (χ4n) is 5.99. The summed E-state index contributed by atoms with van der Waals surface area (Å²) in [7, 11) is 0. The molecule has 0 unspecified atom stereocenters. The van der Waals surface area contributed by atoms with Gasteiger partial charge in [0.2, 0.25) is 5.71 Å². The largest absolute Gasteiger partial charge is 0.486 e. The Balaban J connectivity index is 0.000000156. The molecule has 4 aromatic heterocycles. The second kappa shape index (κ2) is 11.8. The molecular formula is C39H34IrN4O-2. The summed E-state index contributed by atoms with van der Waals surface area (Å²) in [5, 5.41) is 2.08. The maximum atomic E-state index is 6.04. The van der Waals surface area contributed by atoms with Crippen molar-refractivity contribution < 1.29 is 24.5 Å². The van der Waals surface area contributed by atoms with Gasteiger partial charge in [-0.05, 0) is 69.1 Å². The second-order valence-corrected chi connectivity index (χ2v) is 12.3. The molecule has 7 aromatic rings. The van der Waals surface area contributed by atoms with E-state index in [1.54, 1.807) is 0 Å². The van der Waals surface area contributed by atoms with Crippen molar-refractivity contribution in [2.24, 2.45) is 0 Å². The molecule has 8 rings (SSSR count). The molecule has 5 nitrogen and oxygen atoms in total. The number of benzene rings is 3. The number of hydrogen-bond donors (Lipinski definition) is 0. The van der Waals surface area contributed by atoms with Gasteiger partial charge in [0.1, 0.15) is 0 Å². The molecule has 1 radical (unpaired) electrons. The van der Waals surface area contributed by atoms with Gasteiger partial charge in [-0.3, -0.25) is 4.98 Å². The van der Waals surface area contributed by atoms with E-state index < -0.39 is 0 Å². The molecule has 1 aliphatic heterocycles. The van der Waals surface area contributed by atoms with Gasteiger partial charge >= 0.3 is 0 Å². The fourth-order valence-corrected chi connectivity index (χ4v) is 5.99. The molecular weight excluding hydrogens is 733 g/mol. The van der Waals surface area contributed by atoms with Crippen LogP contribution in [0.4, 0.5) is 0 Å². The standard InChI is InChI=1S/C20H17N2O.C19H17N2.Ir/c1-12(2)14-9-10-21-18(11-14)17-6-4-5-15-16-8-7-13(3)22-20(16)23-19(15)17;1-13-9-10-16-17-15(13)11-12-19(2,3)21(17)18(20-16)14-7-5-4-6-8-14;/h4-5,7-12H,1-3H3;4-7,9-12H,1-3H3;/q2*-1;. The summed E-state index contributed by atoms with van der Waals surface area (Å²) in [5.74, 6) is 1.45. The maximum absolute atomic E-state index is 6.04. The number of hydrogen-bond acceptors (Lipinski definition) is 4. The predicted octanol–water partition coefficient (Wildman–Crippen LogP) is 9.85. The molecule has 0 aliphatic carbocycles.